The molecule has 1 saturated heterocycles. The number of para-hydroxylation sites is 1. The van der Waals surface area contributed by atoms with Crippen LogP contribution in [0.5, 0.6) is 0 Å². The molecule has 2 heterocycles. The van der Waals surface area contributed by atoms with Gasteiger partial charge >= 0.3 is 0 Å². The number of piperidine rings is 1. The van der Waals surface area contributed by atoms with Crippen LogP contribution in [0, 0.1) is 0 Å². The van der Waals surface area contributed by atoms with E-state index in [0.29, 0.717) is 6.54 Å². The first-order valence-corrected chi connectivity index (χ1v) is 11.2. The van der Waals surface area contributed by atoms with Crippen molar-refractivity contribution >= 4 is 29.3 Å². The van der Waals surface area contributed by atoms with Crippen molar-refractivity contribution in [2.24, 2.45) is 0 Å². The first-order valence-electron chi connectivity index (χ1n) is 10.3. The lowest BCUT2D eigenvalue weighted by atomic mass is 10.0. The van der Waals surface area contributed by atoms with E-state index >= 15 is 0 Å². The fourth-order valence-electron chi connectivity index (χ4n) is 3.90. The van der Waals surface area contributed by atoms with Crippen LogP contribution in [-0.4, -0.2) is 35.1 Å². The zero-order valence-electron chi connectivity index (χ0n) is 16.5. The Morgan fingerprint density at radius 2 is 1.76 bits per heavy atom. The van der Waals surface area contributed by atoms with Gasteiger partial charge in [0.2, 0.25) is 11.8 Å². The standard InChI is InChI=1S/C23H27N3O2S/c27-22(14-21-23(28)25-19-10-4-5-11-20(19)29-21)24-15-17-8-2-3-9-18(17)16-26-12-6-1-7-13-26/h2-5,8-11,21H,1,6-7,12-16H2,(H,24,27)(H,25,28)/t21-/m1/s1. The zero-order valence-corrected chi connectivity index (χ0v) is 17.3. The third kappa shape index (κ3) is 5.19. The van der Waals surface area contributed by atoms with Crippen molar-refractivity contribution in [3.63, 3.8) is 0 Å². The second-order valence-electron chi connectivity index (χ2n) is 7.68. The summed E-state index contributed by atoms with van der Waals surface area (Å²) in [5.41, 5.74) is 3.25. The highest BCUT2D eigenvalue weighted by Gasteiger charge is 2.28. The van der Waals surface area contributed by atoms with Gasteiger partial charge in [0.25, 0.3) is 0 Å². The summed E-state index contributed by atoms with van der Waals surface area (Å²) in [7, 11) is 0. The molecule has 0 saturated carbocycles. The number of anilines is 1. The lowest BCUT2D eigenvalue weighted by molar-refractivity contribution is -0.124. The summed E-state index contributed by atoms with van der Waals surface area (Å²) in [6, 6.07) is 16.0. The first-order chi connectivity index (χ1) is 14.2. The second-order valence-corrected chi connectivity index (χ2v) is 8.92. The van der Waals surface area contributed by atoms with Crippen LogP contribution in [0.15, 0.2) is 53.4 Å². The Morgan fingerprint density at radius 1 is 1.03 bits per heavy atom. The normalized spacial score (nSPS) is 19.3. The maximum absolute atomic E-state index is 12.5. The number of fused-ring (bicyclic) bond motifs is 1. The van der Waals surface area contributed by atoms with Crippen molar-refractivity contribution in [1.82, 2.24) is 10.2 Å². The van der Waals surface area contributed by atoms with Gasteiger partial charge in [-0.3, -0.25) is 14.5 Å². The summed E-state index contributed by atoms with van der Waals surface area (Å²) >= 11 is 1.46. The van der Waals surface area contributed by atoms with E-state index in [1.807, 2.05) is 30.3 Å². The monoisotopic (exact) mass is 409 g/mol. The third-order valence-electron chi connectivity index (χ3n) is 5.51. The fraction of sp³-hybridized carbons (Fsp3) is 0.391. The van der Waals surface area contributed by atoms with E-state index in [-0.39, 0.29) is 18.2 Å². The predicted molar refractivity (Wildman–Crippen MR) is 117 cm³/mol. The Hall–Kier alpha value is -2.31. The Kier molecular flexibility index (Phi) is 6.52. The van der Waals surface area contributed by atoms with E-state index < -0.39 is 5.25 Å². The molecule has 2 aromatic rings. The first kappa shape index (κ1) is 20.0. The van der Waals surface area contributed by atoms with Crippen LogP contribution in [0.3, 0.4) is 0 Å². The SMILES string of the molecule is O=C(C[C@H]1Sc2ccccc2NC1=O)NCc1ccccc1CN1CCCCC1. The van der Waals surface area contributed by atoms with Gasteiger partial charge in [0, 0.05) is 24.4 Å². The summed E-state index contributed by atoms with van der Waals surface area (Å²) in [4.78, 5) is 28.4. The third-order valence-corrected chi connectivity index (χ3v) is 6.79. The van der Waals surface area contributed by atoms with E-state index in [9.17, 15) is 9.59 Å². The van der Waals surface area contributed by atoms with Crippen molar-refractivity contribution in [3.8, 4) is 0 Å². The van der Waals surface area contributed by atoms with Crippen LogP contribution in [0.4, 0.5) is 5.69 Å². The number of carbonyl (C=O) groups excluding carboxylic acids is 2. The number of rotatable bonds is 6. The maximum Gasteiger partial charge on any atom is 0.238 e. The molecule has 0 radical (unpaired) electrons. The molecule has 0 bridgehead atoms. The highest BCUT2D eigenvalue weighted by molar-refractivity contribution is 8.01. The van der Waals surface area contributed by atoms with Gasteiger partial charge in [-0.1, -0.05) is 42.8 Å². The maximum atomic E-state index is 12.5. The summed E-state index contributed by atoms with van der Waals surface area (Å²) in [6.07, 6.45) is 4.04. The molecule has 1 fully saturated rings. The van der Waals surface area contributed by atoms with Crippen molar-refractivity contribution in [1.29, 1.82) is 0 Å². The van der Waals surface area contributed by atoms with Crippen LogP contribution < -0.4 is 10.6 Å². The summed E-state index contributed by atoms with van der Waals surface area (Å²) in [5, 5.41) is 5.52. The van der Waals surface area contributed by atoms with E-state index in [1.165, 1.54) is 36.6 Å². The molecule has 0 aromatic heterocycles. The van der Waals surface area contributed by atoms with E-state index in [1.54, 1.807) is 0 Å². The number of amides is 2. The van der Waals surface area contributed by atoms with E-state index in [2.05, 4.69) is 33.7 Å². The molecule has 29 heavy (non-hydrogen) atoms. The molecule has 1 atom stereocenters. The van der Waals surface area contributed by atoms with Gasteiger partial charge < -0.3 is 10.6 Å². The second kappa shape index (κ2) is 9.46. The van der Waals surface area contributed by atoms with Gasteiger partial charge in [-0.2, -0.15) is 0 Å². The number of nitrogens with one attached hydrogen (secondary N) is 2. The van der Waals surface area contributed by atoms with Crippen LogP contribution in [0.2, 0.25) is 0 Å². The Morgan fingerprint density at radius 3 is 2.59 bits per heavy atom. The topological polar surface area (TPSA) is 61.4 Å². The summed E-state index contributed by atoms with van der Waals surface area (Å²) in [5.74, 6) is -0.195. The number of nitrogens with zero attached hydrogens (tertiary/aromatic N) is 1. The van der Waals surface area contributed by atoms with E-state index in [4.69, 9.17) is 0 Å². The van der Waals surface area contributed by atoms with Crippen LogP contribution >= 0.6 is 11.8 Å². The molecule has 2 aliphatic heterocycles. The highest BCUT2D eigenvalue weighted by atomic mass is 32.2. The lowest BCUT2D eigenvalue weighted by Gasteiger charge is -2.27. The molecule has 0 unspecified atom stereocenters. The van der Waals surface area contributed by atoms with Crippen molar-refractivity contribution in [2.45, 2.75) is 48.9 Å². The quantitative estimate of drug-likeness (QED) is 0.762. The van der Waals surface area contributed by atoms with Gasteiger partial charge in [-0.15, -0.1) is 11.8 Å². The van der Waals surface area contributed by atoms with Gasteiger partial charge in [0.05, 0.1) is 10.9 Å². The predicted octanol–water partition coefficient (Wildman–Crippen LogP) is 3.79. The van der Waals surface area contributed by atoms with Gasteiger partial charge in [-0.25, -0.2) is 0 Å². The summed E-state index contributed by atoms with van der Waals surface area (Å²) in [6.45, 7) is 3.73. The average molecular weight is 410 g/mol. The molecular weight excluding hydrogens is 382 g/mol. The fourth-order valence-corrected chi connectivity index (χ4v) is 5.01. The molecule has 2 aromatic carbocycles. The molecule has 2 amide bonds. The minimum atomic E-state index is -0.395. The van der Waals surface area contributed by atoms with E-state index in [0.717, 1.165) is 35.8 Å². The van der Waals surface area contributed by atoms with Gasteiger partial charge in [0.1, 0.15) is 0 Å². The van der Waals surface area contributed by atoms with Crippen LogP contribution in [-0.2, 0) is 22.7 Å². The molecule has 2 N–H and O–H groups in total. The molecule has 6 heteroatoms. The average Bonchev–Trinajstić information content (AvgIpc) is 2.74. The lowest BCUT2D eigenvalue weighted by Crippen LogP contribution is -2.35. The number of hydrogen-bond acceptors (Lipinski definition) is 4. The number of likely N-dealkylation sites (tertiary alicyclic amines) is 1. The zero-order chi connectivity index (χ0) is 20.1. The number of hydrogen-bond donors (Lipinski definition) is 2. The molecule has 5 nitrogen and oxygen atoms in total. The molecule has 0 spiro atoms. The van der Waals surface area contributed by atoms with Crippen LogP contribution in [0.25, 0.3) is 0 Å². The molecule has 152 valence electrons. The Bertz CT molecular complexity index is 880. The summed E-state index contributed by atoms with van der Waals surface area (Å²) < 4.78 is 0. The number of carbonyl (C=O) groups is 2. The van der Waals surface area contributed by atoms with Crippen LogP contribution in [0.1, 0.15) is 36.8 Å². The Labute approximate surface area is 176 Å². The molecule has 2 aliphatic rings. The minimum absolute atomic E-state index is 0.0928. The molecular formula is C23H27N3O2S. The largest absolute Gasteiger partial charge is 0.352 e. The Balaban J connectivity index is 1.32. The number of benzene rings is 2. The minimum Gasteiger partial charge on any atom is -0.352 e. The van der Waals surface area contributed by atoms with Crippen molar-refractivity contribution < 1.29 is 9.59 Å². The smallest absolute Gasteiger partial charge is 0.238 e. The number of thioether (sulfide) groups is 1. The molecule has 0 aliphatic carbocycles. The highest BCUT2D eigenvalue weighted by Crippen LogP contribution is 2.36. The van der Waals surface area contributed by atoms with Gasteiger partial charge in [0.15, 0.2) is 0 Å². The van der Waals surface area contributed by atoms with Crippen molar-refractivity contribution in [3.05, 3.63) is 59.7 Å². The molecule has 4 rings (SSSR count). The van der Waals surface area contributed by atoms with Crippen molar-refractivity contribution in [2.75, 3.05) is 18.4 Å². The van der Waals surface area contributed by atoms with Gasteiger partial charge in [-0.05, 0) is 49.2 Å².